The Bertz CT molecular complexity index is 152. The van der Waals surface area contributed by atoms with Crippen LogP contribution < -0.4 is 10.6 Å². The van der Waals surface area contributed by atoms with Crippen molar-refractivity contribution < 1.29 is 9.53 Å². The third-order valence-corrected chi connectivity index (χ3v) is 1.17. The normalized spacial score (nSPS) is 13.8. The zero-order valence-electron chi connectivity index (χ0n) is 8.39. The Morgan fingerprint density at radius 2 is 1.92 bits per heavy atom. The van der Waals surface area contributed by atoms with Gasteiger partial charge in [-0.3, -0.25) is 0 Å². The van der Waals surface area contributed by atoms with Crippen LogP contribution in [0.1, 0.15) is 27.7 Å². The maximum absolute atomic E-state index is 11.1. The van der Waals surface area contributed by atoms with Gasteiger partial charge in [-0.2, -0.15) is 0 Å². The molecule has 0 bridgehead atoms. The lowest BCUT2D eigenvalue weighted by Crippen LogP contribution is -2.43. The summed E-state index contributed by atoms with van der Waals surface area (Å²) in [6.45, 7) is 7.33. The van der Waals surface area contributed by atoms with E-state index in [-0.39, 0.29) is 6.17 Å². The second kappa shape index (κ2) is 4.30. The maximum atomic E-state index is 11.1. The van der Waals surface area contributed by atoms with Crippen LogP contribution in [0, 0.1) is 0 Å². The molecule has 0 saturated carbocycles. The molecule has 0 rings (SSSR count). The summed E-state index contributed by atoms with van der Waals surface area (Å²) < 4.78 is 5.02. The van der Waals surface area contributed by atoms with Crippen LogP contribution in [0.4, 0.5) is 4.79 Å². The first kappa shape index (κ1) is 11.2. The van der Waals surface area contributed by atoms with Crippen molar-refractivity contribution in [2.75, 3.05) is 7.05 Å². The first-order valence-electron chi connectivity index (χ1n) is 4.02. The highest BCUT2D eigenvalue weighted by Crippen LogP contribution is 2.06. The summed E-state index contributed by atoms with van der Waals surface area (Å²) in [5, 5.41) is 5.48. The molecule has 0 spiro atoms. The van der Waals surface area contributed by atoms with E-state index in [1.165, 1.54) is 0 Å². The fourth-order valence-corrected chi connectivity index (χ4v) is 0.557. The smallest absolute Gasteiger partial charge is 0.408 e. The molecule has 72 valence electrons. The average molecular weight is 174 g/mol. The Balaban J connectivity index is 3.75. The van der Waals surface area contributed by atoms with E-state index in [1.54, 1.807) is 7.05 Å². The molecule has 1 amide bonds. The molecule has 0 heterocycles. The van der Waals surface area contributed by atoms with Gasteiger partial charge in [-0.15, -0.1) is 0 Å². The summed E-state index contributed by atoms with van der Waals surface area (Å²) in [4.78, 5) is 11.1. The van der Waals surface area contributed by atoms with E-state index >= 15 is 0 Å². The third-order valence-electron chi connectivity index (χ3n) is 1.17. The van der Waals surface area contributed by atoms with Crippen LogP contribution in [0.5, 0.6) is 0 Å². The molecule has 0 aliphatic rings. The van der Waals surface area contributed by atoms with Crippen LogP contribution in [0.3, 0.4) is 0 Å². The predicted octanol–water partition coefficient (Wildman–Crippen LogP) is 1.08. The minimum Gasteiger partial charge on any atom is -0.444 e. The summed E-state index contributed by atoms with van der Waals surface area (Å²) in [5.74, 6) is 0. The lowest BCUT2D eigenvalue weighted by molar-refractivity contribution is 0.0502. The summed E-state index contributed by atoms with van der Waals surface area (Å²) in [5.41, 5.74) is -0.433. The molecule has 0 radical (unpaired) electrons. The summed E-state index contributed by atoms with van der Waals surface area (Å²) in [6, 6.07) is 0. The molecule has 12 heavy (non-hydrogen) atoms. The highest BCUT2D eigenvalue weighted by molar-refractivity contribution is 5.67. The molecule has 4 heteroatoms. The molecule has 1 atom stereocenters. The molecule has 4 nitrogen and oxygen atoms in total. The van der Waals surface area contributed by atoms with Crippen LogP contribution in [0.15, 0.2) is 0 Å². The molecule has 0 saturated heterocycles. The average Bonchev–Trinajstić information content (AvgIpc) is 1.82. The predicted molar refractivity (Wildman–Crippen MR) is 47.9 cm³/mol. The van der Waals surface area contributed by atoms with Crippen LogP contribution in [-0.2, 0) is 4.74 Å². The Labute approximate surface area is 73.7 Å². The van der Waals surface area contributed by atoms with Gasteiger partial charge in [0, 0.05) is 0 Å². The molecule has 0 aromatic carbocycles. The summed E-state index contributed by atoms with van der Waals surface area (Å²) in [6.07, 6.45) is -0.468. The van der Waals surface area contributed by atoms with Gasteiger partial charge < -0.3 is 15.4 Å². The first-order chi connectivity index (χ1) is 5.35. The van der Waals surface area contributed by atoms with Crippen LogP contribution in [-0.4, -0.2) is 24.9 Å². The van der Waals surface area contributed by atoms with E-state index in [4.69, 9.17) is 4.74 Å². The highest BCUT2D eigenvalue weighted by Gasteiger charge is 2.16. The number of hydrogen-bond acceptors (Lipinski definition) is 3. The molecule has 0 aromatic rings. The Hall–Kier alpha value is -0.770. The summed E-state index contributed by atoms with van der Waals surface area (Å²) in [7, 11) is 1.77. The molecule has 0 aromatic heterocycles. The van der Waals surface area contributed by atoms with Crippen molar-refractivity contribution in [3.63, 3.8) is 0 Å². The van der Waals surface area contributed by atoms with Gasteiger partial charge in [0.25, 0.3) is 0 Å². The van der Waals surface area contributed by atoms with E-state index < -0.39 is 11.7 Å². The Morgan fingerprint density at radius 1 is 1.42 bits per heavy atom. The van der Waals surface area contributed by atoms with E-state index in [2.05, 4.69) is 10.6 Å². The van der Waals surface area contributed by atoms with Crippen molar-refractivity contribution in [1.29, 1.82) is 0 Å². The van der Waals surface area contributed by atoms with E-state index in [0.29, 0.717) is 0 Å². The highest BCUT2D eigenvalue weighted by atomic mass is 16.6. The second-order valence-corrected chi connectivity index (χ2v) is 3.66. The van der Waals surface area contributed by atoms with Crippen molar-refractivity contribution in [2.24, 2.45) is 0 Å². The van der Waals surface area contributed by atoms with Gasteiger partial charge in [-0.25, -0.2) is 4.79 Å². The van der Waals surface area contributed by atoms with Gasteiger partial charge in [0.2, 0.25) is 0 Å². The number of carbonyl (C=O) groups is 1. The first-order valence-corrected chi connectivity index (χ1v) is 4.02. The molecule has 1 unspecified atom stereocenters. The Kier molecular flexibility index (Phi) is 4.03. The molecule has 0 aliphatic carbocycles. The van der Waals surface area contributed by atoms with Gasteiger partial charge in [0.1, 0.15) is 5.60 Å². The molecular formula is C8H18N2O2. The van der Waals surface area contributed by atoms with Crippen LogP contribution in [0.2, 0.25) is 0 Å². The maximum Gasteiger partial charge on any atom is 0.408 e. The third kappa shape index (κ3) is 5.97. The van der Waals surface area contributed by atoms with Crippen LogP contribution in [0.25, 0.3) is 0 Å². The van der Waals surface area contributed by atoms with Crippen molar-refractivity contribution in [2.45, 2.75) is 39.5 Å². The number of amides is 1. The van der Waals surface area contributed by atoms with Crippen molar-refractivity contribution >= 4 is 6.09 Å². The zero-order valence-corrected chi connectivity index (χ0v) is 8.39. The number of rotatable bonds is 2. The van der Waals surface area contributed by atoms with Gasteiger partial charge in [-0.05, 0) is 34.7 Å². The van der Waals surface area contributed by atoms with Crippen molar-refractivity contribution in [1.82, 2.24) is 10.6 Å². The number of nitrogens with one attached hydrogen (secondary N) is 2. The SMILES string of the molecule is CNC(C)NC(=O)OC(C)(C)C. The molecule has 0 aliphatic heterocycles. The standard InChI is InChI=1S/C8H18N2O2/c1-6(9-5)10-7(11)12-8(2,3)4/h6,9H,1-5H3,(H,10,11). The lowest BCUT2D eigenvalue weighted by atomic mass is 10.2. The minimum absolute atomic E-state index is 0.0696. The Morgan fingerprint density at radius 3 is 2.25 bits per heavy atom. The monoisotopic (exact) mass is 174 g/mol. The number of ether oxygens (including phenoxy) is 1. The molecular weight excluding hydrogens is 156 g/mol. The number of hydrogen-bond donors (Lipinski definition) is 2. The van der Waals surface area contributed by atoms with Crippen molar-refractivity contribution in [3.8, 4) is 0 Å². The van der Waals surface area contributed by atoms with E-state index in [9.17, 15) is 4.79 Å². The number of alkyl carbamates (subject to hydrolysis) is 1. The van der Waals surface area contributed by atoms with Crippen LogP contribution >= 0.6 is 0 Å². The van der Waals surface area contributed by atoms with Gasteiger partial charge in [0.05, 0.1) is 6.17 Å². The largest absolute Gasteiger partial charge is 0.444 e. The van der Waals surface area contributed by atoms with Gasteiger partial charge >= 0.3 is 6.09 Å². The second-order valence-electron chi connectivity index (χ2n) is 3.66. The fourth-order valence-electron chi connectivity index (χ4n) is 0.557. The van der Waals surface area contributed by atoms with Gasteiger partial charge in [0.15, 0.2) is 0 Å². The van der Waals surface area contributed by atoms with E-state index in [0.717, 1.165) is 0 Å². The fraction of sp³-hybridized carbons (Fsp3) is 0.875. The number of carbonyl (C=O) groups excluding carboxylic acids is 1. The van der Waals surface area contributed by atoms with E-state index in [1.807, 2.05) is 27.7 Å². The lowest BCUT2D eigenvalue weighted by Gasteiger charge is -2.21. The molecule has 0 fully saturated rings. The quantitative estimate of drug-likeness (QED) is 0.616. The zero-order chi connectivity index (χ0) is 9.78. The topological polar surface area (TPSA) is 50.4 Å². The summed E-state index contributed by atoms with van der Waals surface area (Å²) >= 11 is 0. The molecule has 2 N–H and O–H groups in total. The van der Waals surface area contributed by atoms with Gasteiger partial charge in [-0.1, -0.05) is 0 Å². The minimum atomic E-state index is -0.433. The van der Waals surface area contributed by atoms with Crippen molar-refractivity contribution in [3.05, 3.63) is 0 Å².